The van der Waals surface area contributed by atoms with Gasteiger partial charge < -0.3 is 4.74 Å². The van der Waals surface area contributed by atoms with Gasteiger partial charge in [-0.25, -0.2) is 4.79 Å². The Kier molecular flexibility index (Phi) is 1.13. The van der Waals surface area contributed by atoms with Gasteiger partial charge in [-0.2, -0.15) is 0 Å². The number of alkyl carbamates (subject to hydrolysis) is 1. The number of ether oxygens (including phenoxy) is 1. The average Bonchev–Trinajstić information content (AvgIpc) is 1.85. The predicted octanol–water partition coefficient (Wildman–Crippen LogP) is -0.491. The van der Waals surface area contributed by atoms with E-state index in [0.717, 1.165) is 0 Å². The van der Waals surface area contributed by atoms with Gasteiger partial charge in [0.2, 0.25) is 5.44 Å². The Morgan fingerprint density at radius 2 is 2.25 bits per heavy atom. The zero-order chi connectivity index (χ0) is 6.15. The van der Waals surface area contributed by atoms with Crippen LogP contribution in [0.5, 0.6) is 0 Å². The molecule has 2 amide bonds. The van der Waals surface area contributed by atoms with Gasteiger partial charge in [0.05, 0.1) is 0 Å². The van der Waals surface area contributed by atoms with Crippen molar-refractivity contribution in [2.45, 2.75) is 5.44 Å². The molecule has 1 fully saturated rings. The number of carbonyl (C=O) groups excluding carboxylic acids is 2. The highest BCUT2D eigenvalue weighted by atomic mass is 32.1. The highest BCUT2D eigenvalue weighted by Crippen LogP contribution is 2.03. The maximum absolute atomic E-state index is 10.3. The molecule has 1 rings (SSSR count). The standard InChI is InChI=1S/C3H3NO3S/c5-1-2(8)7-3(6)4-1/h2,8H,(H,4,5,6). The van der Waals surface area contributed by atoms with Crippen LogP contribution in [0, 0.1) is 0 Å². The number of thiol groups is 1. The van der Waals surface area contributed by atoms with Crippen molar-refractivity contribution >= 4 is 24.6 Å². The molecule has 0 spiro atoms. The number of imide groups is 1. The van der Waals surface area contributed by atoms with Gasteiger partial charge in [-0.3, -0.25) is 10.1 Å². The van der Waals surface area contributed by atoms with Crippen LogP contribution in [0.4, 0.5) is 4.79 Å². The molecule has 1 aliphatic heterocycles. The Morgan fingerprint density at radius 1 is 1.62 bits per heavy atom. The van der Waals surface area contributed by atoms with Crippen LogP contribution >= 0.6 is 12.6 Å². The van der Waals surface area contributed by atoms with Gasteiger partial charge in [-0.05, 0) is 0 Å². The minimum absolute atomic E-state index is 0.502. The lowest BCUT2D eigenvalue weighted by molar-refractivity contribution is -0.120. The smallest absolute Gasteiger partial charge is 0.415 e. The summed E-state index contributed by atoms with van der Waals surface area (Å²) in [5.74, 6) is -0.502. The maximum atomic E-state index is 10.3. The number of hydrogen-bond acceptors (Lipinski definition) is 4. The normalized spacial score (nSPS) is 27.4. The Morgan fingerprint density at radius 3 is 2.38 bits per heavy atom. The Balaban J connectivity index is 2.64. The molecule has 1 atom stereocenters. The topological polar surface area (TPSA) is 55.4 Å². The summed E-state index contributed by atoms with van der Waals surface area (Å²) in [6.07, 6.45) is -0.727. The molecule has 1 N–H and O–H groups in total. The quantitative estimate of drug-likeness (QED) is 0.438. The van der Waals surface area contributed by atoms with E-state index in [2.05, 4.69) is 17.4 Å². The Hall–Kier alpha value is -0.710. The molecule has 1 unspecified atom stereocenters. The minimum atomic E-state index is -0.914. The number of amides is 2. The summed E-state index contributed by atoms with van der Waals surface area (Å²) >= 11 is 3.59. The van der Waals surface area contributed by atoms with Crippen molar-refractivity contribution in [3.05, 3.63) is 0 Å². The first-order chi connectivity index (χ1) is 3.70. The molecule has 0 aromatic rings. The second kappa shape index (κ2) is 1.66. The minimum Gasteiger partial charge on any atom is -0.425 e. The van der Waals surface area contributed by atoms with E-state index >= 15 is 0 Å². The molecule has 0 bridgehead atoms. The molecule has 8 heavy (non-hydrogen) atoms. The van der Waals surface area contributed by atoms with Crippen LogP contribution in [0.25, 0.3) is 0 Å². The lowest BCUT2D eigenvalue weighted by Gasteiger charge is -1.90. The zero-order valence-electron chi connectivity index (χ0n) is 3.75. The van der Waals surface area contributed by atoms with Gasteiger partial charge in [0.1, 0.15) is 0 Å². The Labute approximate surface area is 50.6 Å². The molecule has 0 aromatic carbocycles. The van der Waals surface area contributed by atoms with Crippen molar-refractivity contribution in [2.75, 3.05) is 0 Å². The fourth-order valence-electron chi connectivity index (χ4n) is 0.347. The van der Waals surface area contributed by atoms with Gasteiger partial charge >= 0.3 is 6.09 Å². The van der Waals surface area contributed by atoms with Crippen molar-refractivity contribution in [2.24, 2.45) is 0 Å². The SMILES string of the molecule is O=C1NC(=O)C(S)O1. The summed E-state index contributed by atoms with van der Waals surface area (Å²) in [6.45, 7) is 0. The summed E-state index contributed by atoms with van der Waals surface area (Å²) in [6, 6.07) is 0. The molecule has 0 aromatic heterocycles. The fourth-order valence-corrected chi connectivity index (χ4v) is 0.507. The third kappa shape index (κ3) is 0.764. The van der Waals surface area contributed by atoms with Crippen molar-refractivity contribution in [1.29, 1.82) is 0 Å². The molecule has 5 heteroatoms. The molecule has 1 aliphatic rings. The van der Waals surface area contributed by atoms with Crippen LogP contribution < -0.4 is 5.32 Å². The number of nitrogens with one attached hydrogen (secondary N) is 1. The van der Waals surface area contributed by atoms with E-state index in [9.17, 15) is 9.59 Å². The zero-order valence-corrected chi connectivity index (χ0v) is 4.64. The lowest BCUT2D eigenvalue weighted by atomic mass is 10.7. The fraction of sp³-hybridized carbons (Fsp3) is 0.333. The van der Waals surface area contributed by atoms with Crippen LogP contribution in [0.15, 0.2) is 0 Å². The third-order valence-electron chi connectivity index (χ3n) is 0.668. The maximum Gasteiger partial charge on any atom is 0.415 e. The van der Waals surface area contributed by atoms with Crippen molar-refractivity contribution in [3.8, 4) is 0 Å². The first-order valence-corrected chi connectivity index (χ1v) is 2.41. The largest absolute Gasteiger partial charge is 0.425 e. The third-order valence-corrected chi connectivity index (χ3v) is 1.01. The molecule has 0 radical (unpaired) electrons. The van der Waals surface area contributed by atoms with E-state index in [-0.39, 0.29) is 0 Å². The average molecular weight is 133 g/mol. The molecule has 0 aliphatic carbocycles. The first-order valence-electron chi connectivity index (χ1n) is 1.89. The molecular weight excluding hydrogens is 130 g/mol. The van der Waals surface area contributed by atoms with E-state index in [4.69, 9.17) is 0 Å². The van der Waals surface area contributed by atoms with Crippen molar-refractivity contribution < 1.29 is 14.3 Å². The molecule has 1 heterocycles. The summed E-state index contributed by atoms with van der Waals surface area (Å²) in [7, 11) is 0. The van der Waals surface area contributed by atoms with Crippen molar-refractivity contribution in [1.82, 2.24) is 5.32 Å². The monoisotopic (exact) mass is 133 g/mol. The lowest BCUT2D eigenvalue weighted by Crippen LogP contribution is -2.21. The van der Waals surface area contributed by atoms with E-state index < -0.39 is 17.4 Å². The van der Waals surface area contributed by atoms with Gasteiger partial charge in [0.25, 0.3) is 5.91 Å². The van der Waals surface area contributed by atoms with Crippen molar-refractivity contribution in [3.63, 3.8) is 0 Å². The Bertz CT molecular complexity index is 145. The second-order valence-corrected chi connectivity index (χ2v) is 1.72. The van der Waals surface area contributed by atoms with E-state index in [0.29, 0.717) is 0 Å². The van der Waals surface area contributed by atoms with Crippen LogP contribution in [0.2, 0.25) is 0 Å². The number of hydrogen-bond donors (Lipinski definition) is 2. The number of rotatable bonds is 0. The summed E-state index contributed by atoms with van der Waals surface area (Å²) in [5, 5.41) is 1.89. The molecule has 44 valence electrons. The van der Waals surface area contributed by atoms with E-state index in [1.807, 2.05) is 5.32 Å². The summed E-state index contributed by atoms with van der Waals surface area (Å²) in [5.41, 5.74) is -0.914. The van der Waals surface area contributed by atoms with Gasteiger partial charge in [-0.1, -0.05) is 0 Å². The molecule has 4 nitrogen and oxygen atoms in total. The van der Waals surface area contributed by atoms with E-state index in [1.165, 1.54) is 0 Å². The van der Waals surface area contributed by atoms with Crippen LogP contribution in [0.1, 0.15) is 0 Å². The molecular formula is C3H3NO3S. The predicted molar refractivity (Wildman–Crippen MR) is 27.4 cm³/mol. The second-order valence-electron chi connectivity index (χ2n) is 1.25. The van der Waals surface area contributed by atoms with Gasteiger partial charge in [0.15, 0.2) is 0 Å². The highest BCUT2D eigenvalue weighted by molar-refractivity contribution is 7.81. The highest BCUT2D eigenvalue weighted by Gasteiger charge is 2.28. The molecule has 0 saturated carbocycles. The van der Waals surface area contributed by atoms with Crippen LogP contribution in [-0.4, -0.2) is 17.4 Å². The first kappa shape index (κ1) is 5.43. The van der Waals surface area contributed by atoms with Gasteiger partial charge in [-0.15, -0.1) is 12.6 Å². The number of cyclic esters (lactones) is 1. The molecule has 1 saturated heterocycles. The van der Waals surface area contributed by atoms with Gasteiger partial charge in [0, 0.05) is 0 Å². The summed E-state index contributed by atoms with van der Waals surface area (Å²) < 4.78 is 4.24. The van der Waals surface area contributed by atoms with Crippen LogP contribution in [0.3, 0.4) is 0 Å². The van der Waals surface area contributed by atoms with Crippen LogP contribution in [-0.2, 0) is 9.53 Å². The van der Waals surface area contributed by atoms with E-state index in [1.54, 1.807) is 0 Å². The number of carbonyl (C=O) groups is 2. The summed E-state index contributed by atoms with van der Waals surface area (Å²) in [4.78, 5) is 20.3.